The standard InChI is InChI=1S/C10H10ClN/c1-10(11)6-7-12-9-5-3-2-4-8(9)10/h2-5,7H,6H2,1H3. The van der Waals surface area contributed by atoms with Gasteiger partial charge in [0.25, 0.3) is 0 Å². The number of hydrogen-bond donors (Lipinski definition) is 0. The van der Waals surface area contributed by atoms with Crippen molar-refractivity contribution < 1.29 is 0 Å². The van der Waals surface area contributed by atoms with Crippen LogP contribution in [0.2, 0.25) is 0 Å². The zero-order chi connectivity index (χ0) is 8.60. The van der Waals surface area contributed by atoms with E-state index in [2.05, 4.69) is 4.99 Å². The summed E-state index contributed by atoms with van der Waals surface area (Å²) in [6, 6.07) is 8.01. The molecule has 1 heterocycles. The van der Waals surface area contributed by atoms with E-state index in [1.165, 1.54) is 0 Å². The van der Waals surface area contributed by atoms with Gasteiger partial charge < -0.3 is 0 Å². The molecule has 1 aromatic carbocycles. The highest BCUT2D eigenvalue weighted by Crippen LogP contribution is 2.40. The lowest BCUT2D eigenvalue weighted by atomic mass is 9.94. The Bertz CT molecular complexity index is 328. The van der Waals surface area contributed by atoms with Gasteiger partial charge in [0.05, 0.1) is 10.6 Å². The maximum absolute atomic E-state index is 6.31. The van der Waals surface area contributed by atoms with Gasteiger partial charge in [0.15, 0.2) is 0 Å². The molecule has 1 atom stereocenters. The minimum absolute atomic E-state index is 0.266. The predicted octanol–water partition coefficient (Wildman–Crippen LogP) is 3.25. The number of halogens is 1. The Morgan fingerprint density at radius 3 is 2.92 bits per heavy atom. The predicted molar refractivity (Wildman–Crippen MR) is 52.4 cm³/mol. The van der Waals surface area contributed by atoms with Crippen molar-refractivity contribution in [3.63, 3.8) is 0 Å². The van der Waals surface area contributed by atoms with Crippen LogP contribution in [-0.2, 0) is 4.87 Å². The molecule has 1 aromatic rings. The Morgan fingerprint density at radius 2 is 2.17 bits per heavy atom. The Labute approximate surface area is 77.1 Å². The van der Waals surface area contributed by atoms with Crippen LogP contribution in [-0.4, -0.2) is 6.21 Å². The topological polar surface area (TPSA) is 12.4 Å². The van der Waals surface area contributed by atoms with Gasteiger partial charge in [-0.1, -0.05) is 18.2 Å². The summed E-state index contributed by atoms with van der Waals surface area (Å²) in [5.74, 6) is 0. The van der Waals surface area contributed by atoms with Gasteiger partial charge in [-0.15, -0.1) is 11.6 Å². The zero-order valence-corrected chi connectivity index (χ0v) is 7.67. The van der Waals surface area contributed by atoms with Crippen LogP contribution in [0.25, 0.3) is 0 Å². The van der Waals surface area contributed by atoms with E-state index in [4.69, 9.17) is 11.6 Å². The monoisotopic (exact) mass is 179 g/mol. The lowest BCUT2D eigenvalue weighted by Gasteiger charge is -2.25. The largest absolute Gasteiger partial charge is 0.261 e. The summed E-state index contributed by atoms with van der Waals surface area (Å²) in [5, 5.41) is 0. The Hall–Kier alpha value is -0.820. The van der Waals surface area contributed by atoms with E-state index in [9.17, 15) is 0 Å². The third-order valence-electron chi connectivity index (χ3n) is 2.17. The van der Waals surface area contributed by atoms with Gasteiger partial charge in [-0.05, 0) is 18.6 Å². The van der Waals surface area contributed by atoms with E-state index < -0.39 is 0 Å². The molecule has 0 bridgehead atoms. The highest BCUT2D eigenvalue weighted by molar-refractivity contribution is 6.25. The number of benzene rings is 1. The number of fused-ring (bicyclic) bond motifs is 1. The number of hydrogen-bond acceptors (Lipinski definition) is 1. The fraction of sp³-hybridized carbons (Fsp3) is 0.300. The first-order chi connectivity index (χ1) is 5.70. The number of para-hydroxylation sites is 1. The van der Waals surface area contributed by atoms with Gasteiger partial charge in [0.2, 0.25) is 0 Å². The van der Waals surface area contributed by atoms with Gasteiger partial charge in [-0.25, -0.2) is 0 Å². The van der Waals surface area contributed by atoms with Crippen LogP contribution in [0.5, 0.6) is 0 Å². The molecular formula is C10H10ClN. The first-order valence-corrected chi connectivity index (χ1v) is 4.39. The molecule has 0 N–H and O–H groups in total. The fourth-order valence-corrected chi connectivity index (χ4v) is 1.68. The van der Waals surface area contributed by atoms with Crippen molar-refractivity contribution in [1.29, 1.82) is 0 Å². The molecule has 0 saturated carbocycles. The van der Waals surface area contributed by atoms with E-state index in [0.717, 1.165) is 17.7 Å². The third-order valence-corrected chi connectivity index (χ3v) is 2.53. The molecule has 1 aliphatic heterocycles. The van der Waals surface area contributed by atoms with Gasteiger partial charge in [-0.3, -0.25) is 4.99 Å². The highest BCUT2D eigenvalue weighted by Gasteiger charge is 2.27. The Kier molecular flexibility index (Phi) is 1.69. The normalized spacial score (nSPS) is 26.8. The molecule has 1 unspecified atom stereocenters. The third kappa shape index (κ3) is 1.14. The van der Waals surface area contributed by atoms with Crippen molar-refractivity contribution >= 4 is 23.5 Å². The van der Waals surface area contributed by atoms with Gasteiger partial charge in [0, 0.05) is 12.6 Å². The van der Waals surface area contributed by atoms with Crippen LogP contribution in [0.3, 0.4) is 0 Å². The molecule has 0 spiro atoms. The molecule has 0 aromatic heterocycles. The summed E-state index contributed by atoms with van der Waals surface area (Å²) >= 11 is 6.31. The lowest BCUT2D eigenvalue weighted by molar-refractivity contribution is 0.710. The van der Waals surface area contributed by atoms with Gasteiger partial charge in [-0.2, -0.15) is 0 Å². The number of alkyl halides is 1. The first kappa shape index (κ1) is 7.81. The van der Waals surface area contributed by atoms with Crippen LogP contribution in [0.1, 0.15) is 18.9 Å². The quantitative estimate of drug-likeness (QED) is 0.543. The molecule has 1 aliphatic rings. The van der Waals surface area contributed by atoms with E-state index in [-0.39, 0.29) is 4.87 Å². The molecule has 12 heavy (non-hydrogen) atoms. The van der Waals surface area contributed by atoms with Crippen molar-refractivity contribution in [1.82, 2.24) is 0 Å². The first-order valence-electron chi connectivity index (χ1n) is 4.01. The number of nitrogens with zero attached hydrogens (tertiary/aromatic N) is 1. The van der Waals surface area contributed by atoms with Crippen molar-refractivity contribution in [2.75, 3.05) is 0 Å². The molecule has 0 saturated heterocycles. The van der Waals surface area contributed by atoms with Crippen LogP contribution in [0.15, 0.2) is 29.3 Å². The molecule has 1 nitrogen and oxygen atoms in total. The molecule has 0 aliphatic carbocycles. The van der Waals surface area contributed by atoms with Crippen molar-refractivity contribution in [2.24, 2.45) is 4.99 Å². The summed E-state index contributed by atoms with van der Waals surface area (Å²) in [4.78, 5) is 4.01. The van der Waals surface area contributed by atoms with Gasteiger partial charge in [0.1, 0.15) is 0 Å². The second kappa shape index (κ2) is 2.60. The second-order valence-electron chi connectivity index (χ2n) is 3.23. The average molecular weight is 180 g/mol. The van der Waals surface area contributed by atoms with Crippen LogP contribution in [0.4, 0.5) is 5.69 Å². The maximum Gasteiger partial charge on any atom is 0.0737 e. The minimum atomic E-state index is -0.266. The average Bonchev–Trinajstić information content (AvgIpc) is 2.04. The number of rotatable bonds is 0. The Balaban J connectivity index is 2.60. The number of aliphatic imine (C=N–C) groups is 1. The molecule has 0 amide bonds. The summed E-state index contributed by atoms with van der Waals surface area (Å²) in [6.45, 7) is 2.03. The SMILES string of the molecule is CC1(Cl)CC=Nc2ccccc21. The molecule has 62 valence electrons. The fourth-order valence-electron chi connectivity index (χ4n) is 1.45. The van der Waals surface area contributed by atoms with E-state index in [1.807, 2.05) is 37.4 Å². The molecule has 2 heteroatoms. The maximum atomic E-state index is 6.31. The minimum Gasteiger partial charge on any atom is -0.261 e. The highest BCUT2D eigenvalue weighted by atomic mass is 35.5. The van der Waals surface area contributed by atoms with Crippen LogP contribution >= 0.6 is 11.6 Å². The van der Waals surface area contributed by atoms with Crippen molar-refractivity contribution in [2.45, 2.75) is 18.2 Å². The smallest absolute Gasteiger partial charge is 0.0737 e. The second-order valence-corrected chi connectivity index (χ2v) is 4.06. The van der Waals surface area contributed by atoms with E-state index >= 15 is 0 Å². The summed E-state index contributed by atoms with van der Waals surface area (Å²) in [7, 11) is 0. The van der Waals surface area contributed by atoms with E-state index in [0.29, 0.717) is 0 Å². The lowest BCUT2D eigenvalue weighted by Crippen LogP contribution is -2.16. The van der Waals surface area contributed by atoms with Crippen LogP contribution < -0.4 is 0 Å². The zero-order valence-electron chi connectivity index (χ0n) is 6.92. The Morgan fingerprint density at radius 1 is 1.42 bits per heavy atom. The summed E-state index contributed by atoms with van der Waals surface area (Å²) < 4.78 is 0. The van der Waals surface area contributed by atoms with Crippen molar-refractivity contribution in [3.05, 3.63) is 29.8 Å². The summed E-state index contributed by atoms with van der Waals surface area (Å²) in [5.41, 5.74) is 2.13. The van der Waals surface area contributed by atoms with Crippen LogP contribution in [0, 0.1) is 0 Å². The molecule has 2 rings (SSSR count). The molecular weight excluding hydrogens is 170 g/mol. The molecule has 0 radical (unpaired) electrons. The molecule has 0 fully saturated rings. The van der Waals surface area contributed by atoms with Crippen molar-refractivity contribution in [3.8, 4) is 0 Å². The van der Waals surface area contributed by atoms with E-state index in [1.54, 1.807) is 0 Å². The summed E-state index contributed by atoms with van der Waals surface area (Å²) in [6.07, 6.45) is 2.70. The van der Waals surface area contributed by atoms with Gasteiger partial charge >= 0.3 is 0 Å².